The van der Waals surface area contributed by atoms with Crippen molar-refractivity contribution in [2.45, 2.75) is 32.6 Å². The first kappa shape index (κ1) is 19.2. The highest BCUT2D eigenvalue weighted by atomic mass is 79.9. The van der Waals surface area contributed by atoms with Crippen LogP contribution in [-0.4, -0.2) is 54.6 Å². The smallest absolute Gasteiger partial charge is 0.409 e. The van der Waals surface area contributed by atoms with Gasteiger partial charge in [-0.15, -0.1) is 0 Å². The molecule has 0 spiro atoms. The third-order valence-corrected chi connectivity index (χ3v) is 5.48. The van der Waals surface area contributed by atoms with Gasteiger partial charge in [-0.05, 0) is 42.4 Å². The summed E-state index contributed by atoms with van der Waals surface area (Å²) in [6.45, 7) is 7.00. The normalized spacial score (nSPS) is 22.9. The van der Waals surface area contributed by atoms with Gasteiger partial charge in [-0.3, -0.25) is 4.79 Å². The third kappa shape index (κ3) is 4.78. The van der Waals surface area contributed by atoms with E-state index in [9.17, 15) is 9.59 Å². The Morgan fingerprint density at radius 3 is 2.65 bits per heavy atom. The molecule has 3 rings (SSSR count). The van der Waals surface area contributed by atoms with Crippen molar-refractivity contribution in [1.82, 2.24) is 9.80 Å². The summed E-state index contributed by atoms with van der Waals surface area (Å²) in [6.07, 6.45) is 1.47. The van der Waals surface area contributed by atoms with E-state index < -0.39 is 0 Å². The fourth-order valence-electron chi connectivity index (χ4n) is 3.46. The van der Waals surface area contributed by atoms with E-state index in [-0.39, 0.29) is 17.9 Å². The molecule has 0 N–H and O–H groups in total. The molecule has 2 aliphatic rings. The summed E-state index contributed by atoms with van der Waals surface area (Å²) in [4.78, 5) is 28.7. The van der Waals surface area contributed by atoms with Gasteiger partial charge in [0.2, 0.25) is 5.91 Å². The zero-order valence-corrected chi connectivity index (χ0v) is 17.1. The Morgan fingerprint density at radius 1 is 1.19 bits per heavy atom. The summed E-state index contributed by atoms with van der Waals surface area (Å²) in [5, 5.41) is 0. The number of carbonyl (C=O) groups is 2. The summed E-state index contributed by atoms with van der Waals surface area (Å²) in [5.74, 6) is 0.973. The Labute approximate surface area is 163 Å². The first-order chi connectivity index (χ1) is 12.5. The van der Waals surface area contributed by atoms with Gasteiger partial charge in [0.1, 0.15) is 0 Å². The van der Waals surface area contributed by atoms with Crippen LogP contribution in [0.5, 0.6) is 0 Å². The van der Waals surface area contributed by atoms with Gasteiger partial charge in [0, 0.05) is 36.6 Å². The predicted molar refractivity (Wildman–Crippen MR) is 104 cm³/mol. The van der Waals surface area contributed by atoms with Crippen LogP contribution in [0.3, 0.4) is 0 Å². The van der Waals surface area contributed by atoms with Crippen molar-refractivity contribution in [3.8, 4) is 0 Å². The molecular formula is C20H27BrN2O3. The fraction of sp³-hybridized carbons (Fsp3) is 0.600. The molecule has 1 aromatic rings. The lowest BCUT2D eigenvalue weighted by Crippen LogP contribution is -2.38. The van der Waals surface area contributed by atoms with E-state index in [2.05, 4.69) is 28.1 Å². The van der Waals surface area contributed by atoms with Gasteiger partial charge < -0.3 is 14.5 Å². The van der Waals surface area contributed by atoms with Gasteiger partial charge in [-0.25, -0.2) is 4.79 Å². The molecule has 0 bridgehead atoms. The molecule has 2 amide bonds. The Morgan fingerprint density at radius 2 is 1.92 bits per heavy atom. The lowest BCUT2D eigenvalue weighted by molar-refractivity contribution is -0.132. The fourth-order valence-corrected chi connectivity index (χ4v) is 3.87. The molecule has 1 saturated carbocycles. The number of benzene rings is 1. The minimum absolute atomic E-state index is 0.0868. The lowest BCUT2D eigenvalue weighted by atomic mass is 10.1. The van der Waals surface area contributed by atoms with Crippen LogP contribution in [0, 0.1) is 11.8 Å². The molecule has 1 aliphatic heterocycles. The number of hydrogen-bond acceptors (Lipinski definition) is 3. The molecule has 142 valence electrons. The molecule has 1 saturated heterocycles. The second-order valence-corrected chi connectivity index (χ2v) is 8.56. The van der Waals surface area contributed by atoms with Crippen molar-refractivity contribution in [3.63, 3.8) is 0 Å². The molecule has 6 heteroatoms. The molecule has 26 heavy (non-hydrogen) atoms. The topological polar surface area (TPSA) is 49.9 Å². The van der Waals surface area contributed by atoms with Crippen molar-refractivity contribution in [2.75, 3.05) is 32.8 Å². The van der Waals surface area contributed by atoms with E-state index in [1.54, 1.807) is 4.90 Å². The summed E-state index contributed by atoms with van der Waals surface area (Å²) in [7, 11) is 0. The number of ether oxygens (including phenoxy) is 1. The maximum Gasteiger partial charge on any atom is 0.409 e. The maximum atomic E-state index is 12.9. The maximum absolute atomic E-state index is 12.9. The van der Waals surface area contributed by atoms with Crippen molar-refractivity contribution in [2.24, 2.45) is 11.8 Å². The zero-order valence-electron chi connectivity index (χ0n) is 15.5. The highest BCUT2D eigenvalue weighted by Gasteiger charge is 2.46. The number of nitrogens with zero attached hydrogens (tertiary/aromatic N) is 2. The lowest BCUT2D eigenvalue weighted by Gasteiger charge is -2.22. The standard InChI is InChI=1S/C20H27BrN2O3/c1-14(2)13-26-20(25)23-8-4-7-22(9-10-23)19(24)18-12-17(18)15-5-3-6-16(21)11-15/h3,5-6,11,14,17-18H,4,7-10,12-13H2,1-2H3. The van der Waals surface area contributed by atoms with Crippen LogP contribution in [0.1, 0.15) is 38.2 Å². The van der Waals surface area contributed by atoms with Crippen molar-refractivity contribution in [3.05, 3.63) is 34.3 Å². The van der Waals surface area contributed by atoms with Gasteiger partial charge >= 0.3 is 6.09 Å². The molecule has 1 heterocycles. The van der Waals surface area contributed by atoms with Crippen LogP contribution in [0.4, 0.5) is 4.79 Å². The number of hydrogen-bond donors (Lipinski definition) is 0. The minimum atomic E-state index is -0.258. The second-order valence-electron chi connectivity index (χ2n) is 7.64. The van der Waals surface area contributed by atoms with Crippen molar-refractivity contribution >= 4 is 27.9 Å². The second kappa shape index (κ2) is 8.42. The summed E-state index contributed by atoms with van der Waals surface area (Å²) >= 11 is 3.50. The molecule has 2 fully saturated rings. The van der Waals surface area contributed by atoms with E-state index >= 15 is 0 Å². The Bertz CT molecular complexity index is 664. The van der Waals surface area contributed by atoms with Gasteiger partial charge in [-0.1, -0.05) is 41.9 Å². The van der Waals surface area contributed by atoms with Crippen LogP contribution in [0.2, 0.25) is 0 Å². The van der Waals surface area contributed by atoms with Gasteiger partial charge in [0.15, 0.2) is 0 Å². The van der Waals surface area contributed by atoms with Crippen LogP contribution in [-0.2, 0) is 9.53 Å². The van der Waals surface area contributed by atoms with Gasteiger partial charge in [-0.2, -0.15) is 0 Å². The summed E-state index contributed by atoms with van der Waals surface area (Å²) in [5.41, 5.74) is 1.23. The van der Waals surface area contributed by atoms with E-state index in [1.165, 1.54) is 5.56 Å². The Kier molecular flexibility index (Phi) is 6.22. The van der Waals surface area contributed by atoms with E-state index in [4.69, 9.17) is 4.74 Å². The van der Waals surface area contributed by atoms with Crippen LogP contribution < -0.4 is 0 Å². The molecule has 1 aliphatic carbocycles. The van der Waals surface area contributed by atoms with Crippen LogP contribution in [0.15, 0.2) is 28.7 Å². The van der Waals surface area contributed by atoms with E-state index in [0.717, 1.165) is 17.3 Å². The number of halogens is 1. The highest BCUT2D eigenvalue weighted by molar-refractivity contribution is 9.10. The monoisotopic (exact) mass is 422 g/mol. The average molecular weight is 423 g/mol. The van der Waals surface area contributed by atoms with Crippen LogP contribution >= 0.6 is 15.9 Å². The summed E-state index contributed by atoms with van der Waals surface area (Å²) in [6, 6.07) is 8.22. The van der Waals surface area contributed by atoms with Crippen molar-refractivity contribution in [1.29, 1.82) is 0 Å². The zero-order chi connectivity index (χ0) is 18.7. The van der Waals surface area contributed by atoms with E-state index in [1.807, 2.05) is 30.9 Å². The SMILES string of the molecule is CC(C)COC(=O)N1CCCN(C(=O)C2CC2c2cccc(Br)c2)CC1. The third-order valence-electron chi connectivity index (χ3n) is 4.99. The number of carbonyl (C=O) groups excluding carboxylic acids is 2. The molecule has 0 radical (unpaired) electrons. The van der Waals surface area contributed by atoms with Gasteiger partial charge in [0.25, 0.3) is 0 Å². The Balaban J connectivity index is 1.51. The Hall–Kier alpha value is -1.56. The largest absolute Gasteiger partial charge is 0.449 e. The minimum Gasteiger partial charge on any atom is -0.449 e. The summed E-state index contributed by atoms with van der Waals surface area (Å²) < 4.78 is 6.37. The van der Waals surface area contributed by atoms with Crippen LogP contribution in [0.25, 0.3) is 0 Å². The highest BCUT2D eigenvalue weighted by Crippen LogP contribution is 2.48. The first-order valence-electron chi connectivity index (χ1n) is 9.41. The molecule has 2 atom stereocenters. The van der Waals surface area contributed by atoms with E-state index in [0.29, 0.717) is 44.6 Å². The average Bonchev–Trinajstić information content (AvgIpc) is 3.42. The molecular weight excluding hydrogens is 396 g/mol. The first-order valence-corrected chi connectivity index (χ1v) is 10.2. The number of rotatable bonds is 4. The quantitative estimate of drug-likeness (QED) is 0.739. The van der Waals surface area contributed by atoms with Crippen molar-refractivity contribution < 1.29 is 14.3 Å². The molecule has 2 unspecified atom stereocenters. The predicted octanol–water partition coefficient (Wildman–Crippen LogP) is 3.88. The molecule has 0 aromatic heterocycles. The molecule has 1 aromatic carbocycles. The molecule has 5 nitrogen and oxygen atoms in total. The van der Waals surface area contributed by atoms with Gasteiger partial charge in [0.05, 0.1) is 6.61 Å². The number of amides is 2.